The van der Waals surface area contributed by atoms with Crippen molar-refractivity contribution in [2.24, 2.45) is 5.92 Å². The third-order valence-corrected chi connectivity index (χ3v) is 5.52. The highest BCUT2D eigenvalue weighted by molar-refractivity contribution is 5.90. The molecule has 1 atom stereocenters. The molecule has 0 spiro atoms. The number of para-hydroxylation sites is 4. The molecule has 11 heteroatoms. The smallest absolute Gasteiger partial charge is 0.424 e. The summed E-state index contributed by atoms with van der Waals surface area (Å²) < 4.78 is 31.0. The summed E-state index contributed by atoms with van der Waals surface area (Å²) in [4.78, 5) is 27.0. The number of imide groups is 1. The second-order valence-electron chi connectivity index (χ2n) is 8.04. The molecule has 0 radical (unpaired) electrons. The molecular formula is C27H31N3O8. The van der Waals surface area contributed by atoms with Crippen molar-refractivity contribution < 1.29 is 38.0 Å². The van der Waals surface area contributed by atoms with E-state index in [2.05, 4.69) is 0 Å². The van der Waals surface area contributed by atoms with Gasteiger partial charge in [0.05, 0.1) is 14.2 Å². The second-order valence-corrected chi connectivity index (χ2v) is 8.04. The van der Waals surface area contributed by atoms with Gasteiger partial charge in [0.2, 0.25) is 0 Å². The lowest BCUT2D eigenvalue weighted by Crippen LogP contribution is -2.41. The first-order valence-electron chi connectivity index (χ1n) is 12.0. The molecule has 38 heavy (non-hydrogen) atoms. The van der Waals surface area contributed by atoms with Gasteiger partial charge in [-0.25, -0.2) is 14.5 Å². The first-order valence-corrected chi connectivity index (χ1v) is 12.0. The summed E-state index contributed by atoms with van der Waals surface area (Å²) in [6.45, 7) is 0.542. The lowest BCUT2D eigenvalue weighted by Gasteiger charge is -2.21. The van der Waals surface area contributed by atoms with Gasteiger partial charge in [-0.1, -0.05) is 30.7 Å². The maximum Gasteiger partial charge on any atom is 0.424 e. The van der Waals surface area contributed by atoms with E-state index in [0.717, 1.165) is 4.90 Å². The van der Waals surface area contributed by atoms with Crippen LogP contribution < -0.4 is 18.9 Å². The van der Waals surface area contributed by atoms with Crippen LogP contribution in [0.25, 0.3) is 0 Å². The largest absolute Gasteiger partial charge is 0.493 e. The Morgan fingerprint density at radius 2 is 1.26 bits per heavy atom. The average Bonchev–Trinajstić information content (AvgIpc) is 2.93. The maximum atomic E-state index is 13.1. The van der Waals surface area contributed by atoms with Crippen molar-refractivity contribution in [3.05, 3.63) is 48.5 Å². The van der Waals surface area contributed by atoms with E-state index < -0.39 is 12.2 Å². The highest BCUT2D eigenvalue weighted by Crippen LogP contribution is 2.28. The van der Waals surface area contributed by atoms with Gasteiger partial charge in [0.15, 0.2) is 23.0 Å². The van der Waals surface area contributed by atoms with Gasteiger partial charge in [-0.05, 0) is 55.9 Å². The highest BCUT2D eigenvalue weighted by atomic mass is 16.6. The average molecular weight is 526 g/mol. The van der Waals surface area contributed by atoms with Crippen LogP contribution in [0.4, 0.5) is 9.59 Å². The lowest BCUT2D eigenvalue weighted by atomic mass is 9.97. The van der Waals surface area contributed by atoms with Crippen LogP contribution in [0.2, 0.25) is 0 Å². The Kier molecular flexibility index (Phi) is 13.2. The van der Waals surface area contributed by atoms with Crippen LogP contribution in [-0.4, -0.2) is 51.1 Å². The monoisotopic (exact) mass is 525 g/mol. The minimum absolute atomic E-state index is 0.0192. The molecular weight excluding hydrogens is 494 g/mol. The number of rotatable bonds is 15. The SMILES string of the molecule is COc1ccccc1OC(=O)N(CCCCC(CCCOC#N)COC#N)C(=O)Oc1ccccc1OC. The van der Waals surface area contributed by atoms with E-state index in [-0.39, 0.29) is 37.2 Å². The zero-order valence-electron chi connectivity index (χ0n) is 21.5. The van der Waals surface area contributed by atoms with Gasteiger partial charge >= 0.3 is 12.2 Å². The molecule has 0 bridgehead atoms. The summed E-state index contributed by atoms with van der Waals surface area (Å²) in [6.07, 6.45) is 4.52. The zero-order valence-corrected chi connectivity index (χ0v) is 21.5. The van der Waals surface area contributed by atoms with Crippen LogP contribution in [0, 0.1) is 29.0 Å². The van der Waals surface area contributed by atoms with E-state index >= 15 is 0 Å². The van der Waals surface area contributed by atoms with E-state index in [9.17, 15) is 9.59 Å². The molecule has 0 aliphatic carbocycles. The van der Waals surface area contributed by atoms with Crippen molar-refractivity contribution in [3.63, 3.8) is 0 Å². The highest BCUT2D eigenvalue weighted by Gasteiger charge is 2.27. The summed E-state index contributed by atoms with van der Waals surface area (Å²) in [5.74, 6) is 1.03. The lowest BCUT2D eigenvalue weighted by molar-refractivity contribution is 0.128. The number of carbonyl (C=O) groups excluding carboxylic acids is 2. The zero-order chi connectivity index (χ0) is 27.6. The van der Waals surface area contributed by atoms with Crippen LogP contribution in [0.1, 0.15) is 32.1 Å². The quantitative estimate of drug-likeness (QED) is 0.223. The Morgan fingerprint density at radius 3 is 1.76 bits per heavy atom. The van der Waals surface area contributed by atoms with Crippen LogP contribution >= 0.6 is 0 Å². The molecule has 2 rings (SSSR count). The van der Waals surface area contributed by atoms with E-state index in [1.54, 1.807) is 61.0 Å². The number of ether oxygens (including phenoxy) is 6. The standard InChI is InChI=1S/C27H31N3O8/c1-33-22-12-3-5-14-24(22)37-26(31)30(27(32)38-25-15-6-4-13-23(25)34-2)16-8-7-10-21(18-36-20-29)11-9-17-35-19-28/h3-6,12-15,21H,7-11,16-18H2,1-2H3. The summed E-state index contributed by atoms with van der Waals surface area (Å²) in [6, 6.07) is 13.2. The van der Waals surface area contributed by atoms with Gasteiger partial charge in [-0.3, -0.25) is 0 Å². The Bertz CT molecular complexity index is 1050. The van der Waals surface area contributed by atoms with Gasteiger partial charge in [0, 0.05) is 6.54 Å². The van der Waals surface area contributed by atoms with E-state index in [4.69, 9.17) is 38.9 Å². The molecule has 0 aliphatic heterocycles. The van der Waals surface area contributed by atoms with Crippen LogP contribution in [0.5, 0.6) is 23.0 Å². The molecule has 11 nitrogen and oxygen atoms in total. The minimum atomic E-state index is -0.924. The number of methoxy groups -OCH3 is 2. The Hall–Kier alpha value is -4.64. The maximum absolute atomic E-state index is 13.1. The third kappa shape index (κ3) is 9.78. The molecule has 1 unspecified atom stereocenters. The normalized spacial score (nSPS) is 10.7. The molecule has 0 fully saturated rings. The van der Waals surface area contributed by atoms with Crippen LogP contribution in [0.15, 0.2) is 48.5 Å². The molecule has 0 saturated carbocycles. The molecule has 2 aromatic rings. The van der Waals surface area contributed by atoms with E-state index in [1.165, 1.54) is 14.2 Å². The number of nitriles is 2. The summed E-state index contributed by atoms with van der Waals surface area (Å²) in [5.41, 5.74) is 0. The van der Waals surface area contributed by atoms with Crippen molar-refractivity contribution in [2.75, 3.05) is 34.0 Å². The first kappa shape index (κ1) is 29.6. The minimum Gasteiger partial charge on any atom is -0.493 e. The first-order chi connectivity index (χ1) is 18.5. The fourth-order valence-electron chi connectivity index (χ4n) is 3.62. The fourth-order valence-corrected chi connectivity index (χ4v) is 3.62. The predicted molar refractivity (Wildman–Crippen MR) is 134 cm³/mol. The van der Waals surface area contributed by atoms with Crippen molar-refractivity contribution in [3.8, 4) is 35.5 Å². The van der Waals surface area contributed by atoms with E-state index in [0.29, 0.717) is 43.6 Å². The van der Waals surface area contributed by atoms with Gasteiger partial charge in [0.25, 0.3) is 12.5 Å². The number of carbonyl (C=O) groups is 2. The van der Waals surface area contributed by atoms with Crippen molar-refractivity contribution >= 4 is 12.2 Å². The predicted octanol–water partition coefficient (Wildman–Crippen LogP) is 5.27. The topological polar surface area (TPSA) is 140 Å². The molecule has 2 amide bonds. The fraction of sp³-hybridized carbons (Fsp3) is 0.407. The summed E-state index contributed by atoms with van der Waals surface area (Å²) in [5, 5.41) is 17.2. The third-order valence-electron chi connectivity index (χ3n) is 5.52. The molecule has 0 aromatic heterocycles. The number of amides is 2. The van der Waals surface area contributed by atoms with Crippen molar-refractivity contribution in [1.29, 1.82) is 10.5 Å². The van der Waals surface area contributed by atoms with Crippen LogP contribution in [0.3, 0.4) is 0 Å². The molecule has 0 saturated heterocycles. The van der Waals surface area contributed by atoms with Crippen LogP contribution in [-0.2, 0) is 9.47 Å². The number of nitrogens with zero attached hydrogens (tertiary/aromatic N) is 3. The van der Waals surface area contributed by atoms with Gasteiger partial charge in [-0.2, -0.15) is 10.5 Å². The number of hydrogen-bond acceptors (Lipinski definition) is 10. The molecule has 2 aromatic carbocycles. The van der Waals surface area contributed by atoms with Gasteiger partial charge in [-0.15, -0.1) is 0 Å². The van der Waals surface area contributed by atoms with Crippen molar-refractivity contribution in [1.82, 2.24) is 4.90 Å². The molecule has 202 valence electrons. The summed E-state index contributed by atoms with van der Waals surface area (Å²) in [7, 11) is 2.89. The molecule has 0 heterocycles. The second kappa shape index (κ2) is 16.9. The summed E-state index contributed by atoms with van der Waals surface area (Å²) >= 11 is 0. The van der Waals surface area contributed by atoms with E-state index in [1.807, 2.05) is 0 Å². The van der Waals surface area contributed by atoms with Crippen molar-refractivity contribution in [2.45, 2.75) is 32.1 Å². The Balaban J connectivity index is 2.07. The molecule has 0 aliphatic rings. The Morgan fingerprint density at radius 1 is 0.763 bits per heavy atom. The number of unbranched alkanes of at least 4 members (excludes halogenated alkanes) is 1. The van der Waals surface area contributed by atoms with Gasteiger partial charge < -0.3 is 28.4 Å². The molecule has 0 N–H and O–H groups in total. The van der Waals surface area contributed by atoms with Gasteiger partial charge in [0.1, 0.15) is 13.2 Å². The number of benzene rings is 2. The Labute approximate surface area is 222 Å². The number of hydrogen-bond donors (Lipinski definition) is 0.